The summed E-state index contributed by atoms with van der Waals surface area (Å²) in [5.41, 5.74) is 0.862. The normalized spacial score (nSPS) is 24.0. The second-order valence-corrected chi connectivity index (χ2v) is 4.40. The fourth-order valence-electron chi connectivity index (χ4n) is 2.34. The van der Waals surface area contributed by atoms with Crippen LogP contribution < -0.4 is 0 Å². The molecule has 0 aliphatic carbocycles. The van der Waals surface area contributed by atoms with Gasteiger partial charge in [-0.1, -0.05) is 0 Å². The minimum Gasteiger partial charge on any atom is -0.481 e. The molecule has 2 atom stereocenters. The maximum Gasteiger partial charge on any atom is 0.309 e. The van der Waals surface area contributed by atoms with Gasteiger partial charge in [-0.15, -0.1) is 0 Å². The summed E-state index contributed by atoms with van der Waals surface area (Å²) in [5.74, 6) is -1.67. The van der Waals surface area contributed by atoms with Gasteiger partial charge in [0, 0.05) is 44.9 Å². The number of imidazole rings is 1. The summed E-state index contributed by atoms with van der Waals surface area (Å²) >= 11 is 0. The fraction of sp³-hybridized carbons (Fsp3) is 0.545. The molecular weight excluding hydrogens is 222 g/mol. The molecule has 0 unspecified atom stereocenters. The number of hydrogen-bond donors (Lipinski definition) is 1. The Kier molecular flexibility index (Phi) is 2.87. The summed E-state index contributed by atoms with van der Waals surface area (Å²) in [6.45, 7) is 2.19. The molecule has 1 amide bonds. The van der Waals surface area contributed by atoms with E-state index in [1.54, 1.807) is 17.4 Å². The molecule has 0 bridgehead atoms. The summed E-state index contributed by atoms with van der Waals surface area (Å²) in [5, 5.41) is 9.21. The zero-order chi connectivity index (χ0) is 12.6. The molecule has 6 heteroatoms. The van der Waals surface area contributed by atoms with Crippen molar-refractivity contribution in [3.05, 3.63) is 18.2 Å². The van der Waals surface area contributed by atoms with Gasteiger partial charge in [-0.05, 0) is 0 Å². The standard InChI is InChI=1S/C11H15N3O3/c1-7(15)14-4-8(9(5-14)11(16)17)10-3-12-6-13(10)2/h3,6,8-9H,4-5H2,1-2H3,(H,16,17)/t8-,9-/m0/s1. The summed E-state index contributed by atoms with van der Waals surface area (Å²) in [4.78, 5) is 28.1. The molecular formula is C11H15N3O3. The van der Waals surface area contributed by atoms with Crippen LogP contribution in [0.25, 0.3) is 0 Å². The van der Waals surface area contributed by atoms with E-state index in [9.17, 15) is 14.7 Å². The lowest BCUT2D eigenvalue weighted by Gasteiger charge is -2.14. The van der Waals surface area contributed by atoms with Crippen LogP contribution in [0.3, 0.4) is 0 Å². The number of hydrogen-bond acceptors (Lipinski definition) is 3. The van der Waals surface area contributed by atoms with E-state index < -0.39 is 11.9 Å². The van der Waals surface area contributed by atoms with Crippen molar-refractivity contribution in [2.45, 2.75) is 12.8 Å². The van der Waals surface area contributed by atoms with E-state index in [1.165, 1.54) is 6.92 Å². The van der Waals surface area contributed by atoms with Gasteiger partial charge < -0.3 is 14.6 Å². The van der Waals surface area contributed by atoms with E-state index in [0.29, 0.717) is 6.54 Å². The Bertz CT molecular complexity index is 455. The van der Waals surface area contributed by atoms with Crippen molar-refractivity contribution in [3.63, 3.8) is 0 Å². The number of aliphatic carboxylic acids is 1. The van der Waals surface area contributed by atoms with Crippen LogP contribution in [0.4, 0.5) is 0 Å². The largest absolute Gasteiger partial charge is 0.481 e. The van der Waals surface area contributed by atoms with Crippen molar-refractivity contribution in [1.82, 2.24) is 14.5 Å². The second-order valence-electron chi connectivity index (χ2n) is 4.40. The van der Waals surface area contributed by atoms with Crippen LogP contribution in [-0.4, -0.2) is 44.5 Å². The van der Waals surface area contributed by atoms with E-state index in [4.69, 9.17) is 0 Å². The molecule has 0 spiro atoms. The van der Waals surface area contributed by atoms with Crippen LogP contribution in [0.2, 0.25) is 0 Å². The average molecular weight is 237 g/mol. The molecule has 0 aromatic carbocycles. The topological polar surface area (TPSA) is 75.4 Å². The van der Waals surface area contributed by atoms with Crippen molar-refractivity contribution in [2.75, 3.05) is 13.1 Å². The first-order valence-corrected chi connectivity index (χ1v) is 5.45. The molecule has 1 N–H and O–H groups in total. The van der Waals surface area contributed by atoms with Crippen LogP contribution >= 0.6 is 0 Å². The molecule has 1 aromatic heterocycles. The van der Waals surface area contributed by atoms with Gasteiger partial charge in [0.05, 0.1) is 12.2 Å². The van der Waals surface area contributed by atoms with Crippen molar-refractivity contribution >= 4 is 11.9 Å². The molecule has 2 rings (SSSR count). The van der Waals surface area contributed by atoms with Gasteiger partial charge in [0.2, 0.25) is 5.91 Å². The first-order chi connectivity index (χ1) is 8.00. The highest BCUT2D eigenvalue weighted by Crippen LogP contribution is 2.32. The highest BCUT2D eigenvalue weighted by molar-refractivity contribution is 5.77. The van der Waals surface area contributed by atoms with Gasteiger partial charge in [0.15, 0.2) is 0 Å². The molecule has 17 heavy (non-hydrogen) atoms. The summed E-state index contributed by atoms with van der Waals surface area (Å²) in [6, 6.07) is 0. The number of carboxylic acids is 1. The first kappa shape index (κ1) is 11.6. The SMILES string of the molecule is CC(=O)N1C[C@H](C(=O)O)[C@@H](c2cncn2C)C1. The number of aromatic nitrogens is 2. The molecule has 1 aliphatic heterocycles. The van der Waals surface area contributed by atoms with Gasteiger partial charge in [0.25, 0.3) is 0 Å². The van der Waals surface area contributed by atoms with E-state index in [-0.39, 0.29) is 18.4 Å². The summed E-state index contributed by atoms with van der Waals surface area (Å²) in [6.07, 6.45) is 3.31. The van der Waals surface area contributed by atoms with Crippen molar-refractivity contribution < 1.29 is 14.7 Å². The zero-order valence-electron chi connectivity index (χ0n) is 9.83. The quantitative estimate of drug-likeness (QED) is 0.789. The number of aryl methyl sites for hydroxylation is 1. The maximum atomic E-state index is 11.3. The number of carbonyl (C=O) groups is 2. The monoisotopic (exact) mass is 237 g/mol. The third kappa shape index (κ3) is 2.02. The lowest BCUT2D eigenvalue weighted by Crippen LogP contribution is -2.27. The summed E-state index contributed by atoms with van der Waals surface area (Å²) < 4.78 is 1.81. The molecule has 2 heterocycles. The Hall–Kier alpha value is -1.85. The number of rotatable bonds is 2. The van der Waals surface area contributed by atoms with Gasteiger partial charge in [-0.25, -0.2) is 4.98 Å². The molecule has 1 aromatic rings. The van der Waals surface area contributed by atoms with Gasteiger partial charge >= 0.3 is 5.97 Å². The minimum atomic E-state index is -0.861. The predicted octanol–water partition coefficient (Wildman–Crippen LogP) is 0.0666. The Morgan fingerprint density at radius 2 is 2.18 bits per heavy atom. The smallest absolute Gasteiger partial charge is 0.309 e. The molecule has 1 saturated heterocycles. The van der Waals surface area contributed by atoms with Crippen LogP contribution in [0.1, 0.15) is 18.5 Å². The highest BCUT2D eigenvalue weighted by atomic mass is 16.4. The van der Waals surface area contributed by atoms with Crippen molar-refractivity contribution in [2.24, 2.45) is 13.0 Å². The lowest BCUT2D eigenvalue weighted by atomic mass is 9.93. The molecule has 92 valence electrons. The van der Waals surface area contributed by atoms with Gasteiger partial charge in [-0.2, -0.15) is 0 Å². The molecule has 1 fully saturated rings. The van der Waals surface area contributed by atoms with Crippen LogP contribution in [0.15, 0.2) is 12.5 Å². The van der Waals surface area contributed by atoms with Gasteiger partial charge in [-0.3, -0.25) is 9.59 Å². The van der Waals surface area contributed by atoms with Crippen LogP contribution in [0.5, 0.6) is 0 Å². The number of likely N-dealkylation sites (tertiary alicyclic amines) is 1. The Morgan fingerprint density at radius 1 is 1.47 bits per heavy atom. The number of carbonyl (C=O) groups excluding carboxylic acids is 1. The first-order valence-electron chi connectivity index (χ1n) is 5.45. The molecule has 0 radical (unpaired) electrons. The highest BCUT2D eigenvalue weighted by Gasteiger charge is 2.40. The minimum absolute atomic E-state index is 0.0825. The fourth-order valence-corrected chi connectivity index (χ4v) is 2.34. The van der Waals surface area contributed by atoms with Crippen LogP contribution in [0, 0.1) is 5.92 Å². The lowest BCUT2D eigenvalue weighted by molar-refractivity contribution is -0.141. The molecule has 0 saturated carbocycles. The van der Waals surface area contributed by atoms with E-state index in [2.05, 4.69) is 4.98 Å². The summed E-state index contributed by atoms with van der Waals surface area (Å²) in [7, 11) is 1.83. The Balaban J connectivity index is 2.29. The zero-order valence-corrected chi connectivity index (χ0v) is 9.83. The third-order valence-electron chi connectivity index (χ3n) is 3.32. The predicted molar refractivity (Wildman–Crippen MR) is 59.3 cm³/mol. The van der Waals surface area contributed by atoms with E-state index >= 15 is 0 Å². The maximum absolute atomic E-state index is 11.3. The van der Waals surface area contributed by atoms with Gasteiger partial charge in [0.1, 0.15) is 0 Å². The number of amides is 1. The number of nitrogens with zero attached hydrogens (tertiary/aromatic N) is 3. The van der Waals surface area contributed by atoms with E-state index in [1.807, 2.05) is 11.6 Å². The Labute approximate surface area is 98.9 Å². The third-order valence-corrected chi connectivity index (χ3v) is 3.32. The Morgan fingerprint density at radius 3 is 2.65 bits per heavy atom. The molecule has 1 aliphatic rings. The number of carboxylic acid groups (broad SMARTS) is 1. The van der Waals surface area contributed by atoms with E-state index in [0.717, 1.165) is 5.69 Å². The van der Waals surface area contributed by atoms with Crippen LogP contribution in [-0.2, 0) is 16.6 Å². The second kappa shape index (κ2) is 4.20. The van der Waals surface area contributed by atoms with Crippen molar-refractivity contribution in [3.8, 4) is 0 Å². The van der Waals surface area contributed by atoms with Crippen molar-refractivity contribution in [1.29, 1.82) is 0 Å². The molecule has 6 nitrogen and oxygen atoms in total. The average Bonchev–Trinajstić information content (AvgIpc) is 2.82.